The van der Waals surface area contributed by atoms with Gasteiger partial charge in [0, 0.05) is 32.2 Å². The van der Waals surface area contributed by atoms with Crippen LogP contribution in [0.25, 0.3) is 0 Å². The van der Waals surface area contributed by atoms with Crippen LogP contribution in [0.4, 0.5) is 8.78 Å². The van der Waals surface area contributed by atoms with E-state index in [1.807, 2.05) is 0 Å². The van der Waals surface area contributed by atoms with Crippen LogP contribution >= 0.6 is 0 Å². The summed E-state index contributed by atoms with van der Waals surface area (Å²) >= 11 is 0. The van der Waals surface area contributed by atoms with E-state index >= 15 is 0 Å². The van der Waals surface area contributed by atoms with Crippen LogP contribution in [0, 0.1) is 17.6 Å². The van der Waals surface area contributed by atoms with Crippen LogP contribution in [0.1, 0.15) is 28.8 Å². The molecule has 1 unspecified atom stereocenters. The number of piperidine rings is 1. The average Bonchev–Trinajstić information content (AvgIpc) is 2.78. The van der Waals surface area contributed by atoms with Crippen molar-refractivity contribution in [1.29, 1.82) is 0 Å². The molecule has 0 bridgehead atoms. The van der Waals surface area contributed by atoms with Gasteiger partial charge >= 0.3 is 5.97 Å². The van der Waals surface area contributed by atoms with Crippen molar-refractivity contribution in [2.45, 2.75) is 19.4 Å². The molecule has 0 radical (unpaired) electrons. The maximum Gasteiger partial charge on any atom is 0.311 e. The van der Waals surface area contributed by atoms with E-state index in [1.54, 1.807) is 24.1 Å². The molecule has 1 saturated heterocycles. The molecule has 1 fully saturated rings. The summed E-state index contributed by atoms with van der Waals surface area (Å²) in [6, 6.07) is 11.1. The fraction of sp³-hybridized carbons (Fsp3) is 0.348. The number of hydrogen-bond donors (Lipinski definition) is 0. The highest BCUT2D eigenvalue weighted by Crippen LogP contribution is 2.20. The zero-order chi connectivity index (χ0) is 22.4. The number of amides is 2. The summed E-state index contributed by atoms with van der Waals surface area (Å²) in [5.41, 5.74) is 1.11. The molecule has 0 aliphatic carbocycles. The van der Waals surface area contributed by atoms with E-state index in [0.29, 0.717) is 24.9 Å². The molecular weight excluding hydrogens is 406 g/mol. The fourth-order valence-electron chi connectivity index (χ4n) is 3.44. The van der Waals surface area contributed by atoms with Gasteiger partial charge in [-0.15, -0.1) is 0 Å². The molecule has 164 valence electrons. The summed E-state index contributed by atoms with van der Waals surface area (Å²) in [6.45, 7) is 0.549. The standard InChI is InChI=1S/C23H24F2N2O4/c1-26(13-16-4-8-19(24)9-5-16)21(28)15-31-23(30)18-3-2-12-27(14-18)22(29)17-6-10-20(25)11-7-17/h4-11,18H,2-3,12-15H2,1H3. The molecule has 0 N–H and O–H groups in total. The Morgan fingerprint density at radius 1 is 1.03 bits per heavy atom. The van der Waals surface area contributed by atoms with Crippen molar-refractivity contribution < 1.29 is 27.9 Å². The molecule has 1 aliphatic heterocycles. The minimum atomic E-state index is -0.528. The Morgan fingerprint density at radius 3 is 2.29 bits per heavy atom. The lowest BCUT2D eigenvalue weighted by Crippen LogP contribution is -2.43. The Bertz CT molecular complexity index is 932. The predicted molar refractivity (Wildman–Crippen MR) is 109 cm³/mol. The van der Waals surface area contributed by atoms with E-state index in [-0.39, 0.29) is 30.7 Å². The monoisotopic (exact) mass is 430 g/mol. The predicted octanol–water partition coefficient (Wildman–Crippen LogP) is 3.02. The first-order valence-corrected chi connectivity index (χ1v) is 10.0. The van der Waals surface area contributed by atoms with Crippen LogP contribution in [-0.2, 0) is 20.9 Å². The highest BCUT2D eigenvalue weighted by Gasteiger charge is 2.30. The first kappa shape index (κ1) is 22.4. The second-order valence-corrected chi connectivity index (χ2v) is 7.58. The van der Waals surface area contributed by atoms with Gasteiger partial charge in [0.15, 0.2) is 6.61 Å². The van der Waals surface area contributed by atoms with Crippen molar-refractivity contribution in [1.82, 2.24) is 9.80 Å². The number of ether oxygens (including phenoxy) is 1. The minimum Gasteiger partial charge on any atom is -0.455 e. The van der Waals surface area contributed by atoms with Crippen LogP contribution in [-0.4, -0.2) is 54.3 Å². The van der Waals surface area contributed by atoms with Crippen molar-refractivity contribution in [2.24, 2.45) is 5.92 Å². The third-order valence-corrected chi connectivity index (χ3v) is 5.23. The second kappa shape index (κ2) is 10.1. The van der Waals surface area contributed by atoms with Gasteiger partial charge in [0.1, 0.15) is 11.6 Å². The molecule has 31 heavy (non-hydrogen) atoms. The van der Waals surface area contributed by atoms with Crippen molar-refractivity contribution in [3.63, 3.8) is 0 Å². The minimum absolute atomic E-state index is 0.189. The smallest absolute Gasteiger partial charge is 0.311 e. The van der Waals surface area contributed by atoms with Gasteiger partial charge in [0.25, 0.3) is 11.8 Å². The molecule has 6 nitrogen and oxygen atoms in total. The van der Waals surface area contributed by atoms with Crippen LogP contribution in [0.5, 0.6) is 0 Å². The highest BCUT2D eigenvalue weighted by molar-refractivity contribution is 5.94. The number of carbonyl (C=O) groups excluding carboxylic acids is 3. The van der Waals surface area contributed by atoms with Crippen molar-refractivity contribution in [3.8, 4) is 0 Å². The van der Waals surface area contributed by atoms with Crippen molar-refractivity contribution >= 4 is 17.8 Å². The third kappa shape index (κ3) is 6.10. The van der Waals surface area contributed by atoms with Gasteiger partial charge in [-0.3, -0.25) is 14.4 Å². The molecule has 2 amide bonds. The number of carbonyl (C=O) groups is 3. The number of rotatable bonds is 6. The number of esters is 1. The maximum atomic E-state index is 13.1. The average molecular weight is 430 g/mol. The Kier molecular flexibility index (Phi) is 7.33. The number of likely N-dealkylation sites (tertiary alicyclic amines) is 1. The van der Waals surface area contributed by atoms with E-state index in [2.05, 4.69) is 0 Å². The largest absolute Gasteiger partial charge is 0.455 e. The lowest BCUT2D eigenvalue weighted by molar-refractivity contribution is -0.156. The normalized spacial score (nSPS) is 16.0. The van der Waals surface area contributed by atoms with Gasteiger partial charge < -0.3 is 14.5 Å². The molecule has 8 heteroatoms. The molecule has 1 heterocycles. The van der Waals surface area contributed by atoms with E-state index in [4.69, 9.17) is 4.74 Å². The van der Waals surface area contributed by atoms with Gasteiger partial charge in [0.2, 0.25) is 0 Å². The first-order valence-electron chi connectivity index (χ1n) is 10.0. The van der Waals surface area contributed by atoms with Crippen LogP contribution in [0.3, 0.4) is 0 Å². The van der Waals surface area contributed by atoms with E-state index < -0.39 is 24.3 Å². The molecular formula is C23H24F2N2O4. The zero-order valence-corrected chi connectivity index (χ0v) is 17.2. The van der Waals surface area contributed by atoms with Gasteiger partial charge in [0.05, 0.1) is 5.92 Å². The lowest BCUT2D eigenvalue weighted by Gasteiger charge is -2.31. The fourth-order valence-corrected chi connectivity index (χ4v) is 3.44. The molecule has 0 saturated carbocycles. The topological polar surface area (TPSA) is 66.9 Å². The Hall–Kier alpha value is -3.29. The van der Waals surface area contributed by atoms with Crippen molar-refractivity contribution in [3.05, 3.63) is 71.3 Å². The summed E-state index contributed by atoms with van der Waals surface area (Å²) in [5, 5.41) is 0. The van der Waals surface area contributed by atoms with Crippen LogP contribution < -0.4 is 0 Å². The van der Waals surface area contributed by atoms with Crippen molar-refractivity contribution in [2.75, 3.05) is 26.7 Å². The molecule has 1 aliphatic rings. The van der Waals surface area contributed by atoms with E-state index in [1.165, 1.54) is 41.3 Å². The Balaban J connectivity index is 1.49. The number of halogens is 2. The molecule has 0 spiro atoms. The number of benzene rings is 2. The van der Waals surface area contributed by atoms with E-state index in [0.717, 1.165) is 5.56 Å². The molecule has 3 rings (SSSR count). The quantitative estimate of drug-likeness (QED) is 0.661. The second-order valence-electron chi connectivity index (χ2n) is 7.58. The third-order valence-electron chi connectivity index (χ3n) is 5.23. The highest BCUT2D eigenvalue weighted by atomic mass is 19.1. The SMILES string of the molecule is CN(Cc1ccc(F)cc1)C(=O)COC(=O)C1CCCN(C(=O)c2ccc(F)cc2)C1. The van der Waals surface area contributed by atoms with Crippen LogP contribution in [0.2, 0.25) is 0 Å². The summed E-state index contributed by atoms with van der Waals surface area (Å²) < 4.78 is 31.2. The van der Waals surface area contributed by atoms with Gasteiger partial charge in [-0.25, -0.2) is 8.78 Å². The molecule has 0 aromatic heterocycles. The summed E-state index contributed by atoms with van der Waals surface area (Å²) in [4.78, 5) is 40.3. The molecule has 2 aromatic rings. The van der Waals surface area contributed by atoms with E-state index in [9.17, 15) is 23.2 Å². The number of nitrogens with zero attached hydrogens (tertiary/aromatic N) is 2. The zero-order valence-electron chi connectivity index (χ0n) is 17.2. The summed E-state index contributed by atoms with van der Waals surface area (Å²) in [5.74, 6) is -2.48. The van der Waals surface area contributed by atoms with Gasteiger partial charge in [-0.05, 0) is 54.8 Å². The number of likely N-dealkylation sites (N-methyl/N-ethyl adjacent to an activating group) is 1. The first-order chi connectivity index (χ1) is 14.8. The van der Waals surface area contributed by atoms with Crippen LogP contribution in [0.15, 0.2) is 48.5 Å². The summed E-state index contributed by atoms with van der Waals surface area (Å²) in [6.07, 6.45) is 1.19. The molecule has 1 atom stereocenters. The van der Waals surface area contributed by atoms with Gasteiger partial charge in [-0.1, -0.05) is 12.1 Å². The summed E-state index contributed by atoms with van der Waals surface area (Å²) in [7, 11) is 1.57. The Labute approximate surface area is 179 Å². The Morgan fingerprint density at radius 2 is 1.65 bits per heavy atom. The molecule has 2 aromatic carbocycles. The number of hydrogen-bond acceptors (Lipinski definition) is 4. The lowest BCUT2D eigenvalue weighted by atomic mass is 9.97. The van der Waals surface area contributed by atoms with Gasteiger partial charge in [-0.2, -0.15) is 0 Å². The maximum absolute atomic E-state index is 13.1.